The molecule has 1 aromatic heterocycles. The molecule has 0 saturated carbocycles. The number of aromatic nitrogens is 1. The zero-order chi connectivity index (χ0) is 22.5. The first-order valence-electron chi connectivity index (χ1n) is 10.7. The molecule has 2 aromatic rings. The molecule has 1 aliphatic heterocycles. The molecule has 3 rings (SSSR count). The van der Waals surface area contributed by atoms with E-state index in [1.165, 1.54) is 30.6 Å². The van der Waals surface area contributed by atoms with E-state index in [0.717, 1.165) is 30.9 Å². The van der Waals surface area contributed by atoms with E-state index in [1.54, 1.807) is 12.1 Å². The zero-order valence-corrected chi connectivity index (χ0v) is 20.1. The molecule has 0 bridgehead atoms. The van der Waals surface area contributed by atoms with E-state index >= 15 is 0 Å². The number of nitrogens with zero attached hydrogens (tertiary/aromatic N) is 2. The number of sulfonamides is 1. The van der Waals surface area contributed by atoms with Crippen molar-refractivity contribution in [2.75, 3.05) is 25.0 Å². The Morgan fingerprint density at radius 2 is 1.81 bits per heavy atom. The Morgan fingerprint density at radius 1 is 1.13 bits per heavy atom. The van der Waals surface area contributed by atoms with E-state index in [2.05, 4.69) is 40.7 Å². The summed E-state index contributed by atoms with van der Waals surface area (Å²) in [5, 5.41) is 5.28. The lowest BCUT2D eigenvalue weighted by atomic mass is 9.87. The summed E-state index contributed by atoms with van der Waals surface area (Å²) in [5.41, 5.74) is 1.98. The molecule has 1 saturated heterocycles. The van der Waals surface area contributed by atoms with E-state index in [0.29, 0.717) is 5.13 Å². The van der Waals surface area contributed by atoms with Crippen molar-refractivity contribution in [3.8, 4) is 0 Å². The molecule has 9 heteroatoms. The minimum absolute atomic E-state index is 0.0290. The van der Waals surface area contributed by atoms with Crippen molar-refractivity contribution >= 4 is 32.4 Å². The minimum atomic E-state index is -3.65. The maximum Gasteiger partial charge on any atom is 0.240 e. The molecule has 0 atom stereocenters. The number of amides is 1. The minimum Gasteiger partial charge on any atom is -0.302 e. The van der Waals surface area contributed by atoms with Crippen molar-refractivity contribution < 1.29 is 13.2 Å². The number of likely N-dealkylation sites (tertiary alicyclic amines) is 1. The van der Waals surface area contributed by atoms with Crippen molar-refractivity contribution in [2.45, 2.75) is 63.3 Å². The number of benzene rings is 1. The van der Waals surface area contributed by atoms with Gasteiger partial charge in [0.15, 0.2) is 5.13 Å². The van der Waals surface area contributed by atoms with Gasteiger partial charge in [-0.05, 0) is 49.0 Å². The van der Waals surface area contributed by atoms with Crippen LogP contribution in [-0.2, 0) is 26.8 Å². The van der Waals surface area contributed by atoms with Crippen LogP contribution in [0.2, 0.25) is 0 Å². The van der Waals surface area contributed by atoms with Crippen LogP contribution in [0.5, 0.6) is 0 Å². The number of nitrogens with one attached hydrogen (secondary N) is 2. The summed E-state index contributed by atoms with van der Waals surface area (Å²) in [7, 11) is -3.65. The van der Waals surface area contributed by atoms with Crippen molar-refractivity contribution in [2.24, 2.45) is 0 Å². The van der Waals surface area contributed by atoms with E-state index in [9.17, 15) is 13.2 Å². The zero-order valence-electron chi connectivity index (χ0n) is 18.5. The fourth-order valence-corrected chi connectivity index (χ4v) is 5.23. The van der Waals surface area contributed by atoms with Crippen LogP contribution in [0, 0.1) is 0 Å². The molecular formula is C22H32N4O3S2. The number of rotatable bonds is 8. The molecule has 0 spiro atoms. The van der Waals surface area contributed by atoms with Gasteiger partial charge in [-0.2, -0.15) is 0 Å². The highest BCUT2D eigenvalue weighted by molar-refractivity contribution is 7.89. The maximum absolute atomic E-state index is 12.5. The number of piperidine rings is 1. The molecule has 0 radical (unpaired) electrons. The lowest BCUT2D eigenvalue weighted by Crippen LogP contribution is -2.29. The van der Waals surface area contributed by atoms with Gasteiger partial charge in [-0.1, -0.05) is 39.3 Å². The van der Waals surface area contributed by atoms with Gasteiger partial charge in [-0.3, -0.25) is 9.69 Å². The first-order chi connectivity index (χ1) is 14.6. The standard InChI is InChI=1S/C22H32N4O3S2/c1-22(2,3)17-7-9-19(10-8-17)31(28,29)23-12-11-20(27)25-21-24-18(16-30-21)15-26-13-5-4-6-14-26/h7-10,16,23H,4-6,11-15H2,1-3H3,(H,24,25,27). The Kier molecular flexibility index (Phi) is 7.85. The highest BCUT2D eigenvalue weighted by atomic mass is 32.2. The van der Waals surface area contributed by atoms with Crippen molar-refractivity contribution in [1.82, 2.24) is 14.6 Å². The molecule has 1 amide bonds. The highest BCUT2D eigenvalue weighted by Crippen LogP contribution is 2.23. The first-order valence-corrected chi connectivity index (χ1v) is 13.1. The Morgan fingerprint density at radius 3 is 2.45 bits per heavy atom. The lowest BCUT2D eigenvalue weighted by molar-refractivity contribution is -0.116. The van der Waals surface area contributed by atoms with Crippen molar-refractivity contribution in [1.29, 1.82) is 0 Å². The molecule has 0 aliphatic carbocycles. The molecule has 2 N–H and O–H groups in total. The third kappa shape index (κ3) is 7.10. The Hall–Kier alpha value is -1.81. The third-order valence-corrected chi connectivity index (χ3v) is 7.59. The molecule has 2 heterocycles. The molecular weight excluding hydrogens is 432 g/mol. The van der Waals surface area contributed by atoms with E-state index in [1.807, 2.05) is 17.5 Å². The van der Waals surface area contributed by atoms with Gasteiger partial charge in [0.2, 0.25) is 15.9 Å². The van der Waals surface area contributed by atoms with Crippen LogP contribution in [0.25, 0.3) is 0 Å². The van der Waals surface area contributed by atoms with Crippen LogP contribution in [0.1, 0.15) is 57.7 Å². The average molecular weight is 465 g/mol. The summed E-state index contributed by atoms with van der Waals surface area (Å²) in [6.07, 6.45) is 3.79. The van der Waals surface area contributed by atoms with Crippen LogP contribution in [0.3, 0.4) is 0 Å². The molecule has 1 aromatic carbocycles. The second-order valence-electron chi connectivity index (χ2n) is 8.95. The van der Waals surface area contributed by atoms with Gasteiger partial charge in [-0.15, -0.1) is 11.3 Å². The van der Waals surface area contributed by atoms with Gasteiger partial charge in [0, 0.05) is 24.9 Å². The lowest BCUT2D eigenvalue weighted by Gasteiger charge is -2.25. The van der Waals surface area contributed by atoms with E-state index < -0.39 is 10.0 Å². The number of hydrogen-bond acceptors (Lipinski definition) is 6. The molecule has 1 fully saturated rings. The van der Waals surface area contributed by atoms with E-state index in [-0.39, 0.29) is 29.2 Å². The topological polar surface area (TPSA) is 91.4 Å². The molecule has 31 heavy (non-hydrogen) atoms. The summed E-state index contributed by atoms with van der Waals surface area (Å²) < 4.78 is 27.4. The van der Waals surface area contributed by atoms with Gasteiger partial charge in [-0.25, -0.2) is 18.1 Å². The second kappa shape index (κ2) is 10.2. The maximum atomic E-state index is 12.5. The second-order valence-corrected chi connectivity index (χ2v) is 11.6. The molecule has 170 valence electrons. The predicted octanol–water partition coefficient (Wildman–Crippen LogP) is 3.73. The van der Waals surface area contributed by atoms with Crippen molar-refractivity contribution in [3.05, 3.63) is 40.9 Å². The molecule has 1 aliphatic rings. The SMILES string of the molecule is CC(C)(C)c1ccc(S(=O)(=O)NCCC(=O)Nc2nc(CN3CCCCC3)cs2)cc1. The van der Waals surface area contributed by atoms with Crippen LogP contribution < -0.4 is 10.0 Å². The first kappa shape index (κ1) is 23.8. The normalized spacial score (nSPS) is 15.7. The van der Waals surface area contributed by atoms with Crippen LogP contribution in [-0.4, -0.2) is 43.8 Å². The van der Waals surface area contributed by atoms with Gasteiger partial charge in [0.05, 0.1) is 10.6 Å². The molecule has 0 unspecified atom stereocenters. The van der Waals surface area contributed by atoms with E-state index in [4.69, 9.17) is 0 Å². The summed E-state index contributed by atoms with van der Waals surface area (Å²) in [6.45, 7) is 9.25. The molecule has 7 nitrogen and oxygen atoms in total. The smallest absolute Gasteiger partial charge is 0.240 e. The Labute approximate surface area is 189 Å². The highest BCUT2D eigenvalue weighted by Gasteiger charge is 2.18. The number of thiazole rings is 1. The largest absolute Gasteiger partial charge is 0.302 e. The van der Waals surface area contributed by atoms with Crippen molar-refractivity contribution in [3.63, 3.8) is 0 Å². The fraction of sp³-hybridized carbons (Fsp3) is 0.545. The third-order valence-electron chi connectivity index (χ3n) is 5.31. The summed E-state index contributed by atoms with van der Waals surface area (Å²) >= 11 is 1.40. The van der Waals surface area contributed by atoms with Gasteiger partial charge >= 0.3 is 0 Å². The van der Waals surface area contributed by atoms with Crippen LogP contribution in [0.15, 0.2) is 34.5 Å². The summed E-state index contributed by atoms with van der Waals surface area (Å²) in [5.74, 6) is -0.260. The van der Waals surface area contributed by atoms with Gasteiger partial charge in [0.25, 0.3) is 0 Å². The number of hydrogen-bond donors (Lipinski definition) is 2. The summed E-state index contributed by atoms with van der Waals surface area (Å²) in [6, 6.07) is 6.85. The Bertz CT molecular complexity index is 973. The van der Waals surface area contributed by atoms with Crippen LogP contribution >= 0.6 is 11.3 Å². The number of carbonyl (C=O) groups excluding carboxylic acids is 1. The predicted molar refractivity (Wildman–Crippen MR) is 125 cm³/mol. The quantitative estimate of drug-likeness (QED) is 0.621. The fourth-order valence-electron chi connectivity index (χ4n) is 3.48. The van der Waals surface area contributed by atoms with Gasteiger partial charge < -0.3 is 5.32 Å². The van der Waals surface area contributed by atoms with Crippen LogP contribution in [0.4, 0.5) is 5.13 Å². The monoisotopic (exact) mass is 464 g/mol. The average Bonchev–Trinajstić information content (AvgIpc) is 3.14. The Balaban J connectivity index is 1.45. The number of carbonyl (C=O) groups is 1. The van der Waals surface area contributed by atoms with Gasteiger partial charge in [0.1, 0.15) is 0 Å². The number of anilines is 1. The summed E-state index contributed by atoms with van der Waals surface area (Å²) in [4.78, 5) is 19.3.